The molecule has 0 spiro atoms. The Hall–Kier alpha value is -4.43. The van der Waals surface area contributed by atoms with E-state index in [4.69, 9.17) is 9.57 Å². The predicted molar refractivity (Wildman–Crippen MR) is 161 cm³/mol. The van der Waals surface area contributed by atoms with E-state index < -0.39 is 23.6 Å². The van der Waals surface area contributed by atoms with Crippen molar-refractivity contribution in [2.24, 2.45) is 0 Å². The van der Waals surface area contributed by atoms with E-state index in [2.05, 4.69) is 37.0 Å². The summed E-state index contributed by atoms with van der Waals surface area (Å²) in [6, 6.07) is 8.18. The fraction of sp³-hybridized carbons (Fsp3) is 0.387. The van der Waals surface area contributed by atoms with Crippen molar-refractivity contribution in [3.8, 4) is 5.75 Å². The number of rotatable bonds is 9. The van der Waals surface area contributed by atoms with Gasteiger partial charge in [0, 0.05) is 56.3 Å². The number of hydrogen-bond acceptors (Lipinski definition) is 9. The number of carbonyl (C=O) groups is 1. The highest BCUT2D eigenvalue weighted by atomic mass is 19.4. The molecule has 45 heavy (non-hydrogen) atoms. The van der Waals surface area contributed by atoms with Crippen LogP contribution in [0.1, 0.15) is 36.4 Å². The molecule has 14 heteroatoms. The molecule has 2 N–H and O–H groups in total. The van der Waals surface area contributed by atoms with Crippen LogP contribution in [-0.2, 0) is 15.8 Å². The van der Waals surface area contributed by atoms with Crippen LogP contribution in [0.4, 0.5) is 46.3 Å². The Balaban J connectivity index is 1.27. The van der Waals surface area contributed by atoms with Crippen LogP contribution in [0.25, 0.3) is 0 Å². The van der Waals surface area contributed by atoms with Crippen LogP contribution in [0.2, 0.25) is 0 Å². The van der Waals surface area contributed by atoms with E-state index in [9.17, 15) is 18.0 Å². The van der Waals surface area contributed by atoms with Crippen molar-refractivity contribution in [1.29, 1.82) is 0 Å². The van der Waals surface area contributed by atoms with E-state index in [1.54, 1.807) is 6.07 Å². The van der Waals surface area contributed by atoms with Crippen LogP contribution >= 0.6 is 0 Å². The van der Waals surface area contributed by atoms with Crippen molar-refractivity contribution in [3.63, 3.8) is 0 Å². The van der Waals surface area contributed by atoms with E-state index >= 15 is 4.39 Å². The lowest BCUT2D eigenvalue weighted by molar-refractivity contribution is -0.140. The summed E-state index contributed by atoms with van der Waals surface area (Å²) in [6.07, 6.45) is 0.363. The van der Waals surface area contributed by atoms with Gasteiger partial charge in [-0.05, 0) is 31.1 Å². The van der Waals surface area contributed by atoms with Gasteiger partial charge in [0.15, 0.2) is 5.82 Å². The topological polar surface area (TPSA) is 95.1 Å². The summed E-state index contributed by atoms with van der Waals surface area (Å²) < 4.78 is 60.9. The predicted octanol–water partition coefficient (Wildman–Crippen LogP) is 5.68. The molecule has 2 aromatic carbocycles. The fourth-order valence-electron chi connectivity index (χ4n) is 5.83. The first-order chi connectivity index (χ1) is 21.7. The first-order valence-corrected chi connectivity index (χ1v) is 14.7. The number of ether oxygens (including phenoxy) is 1. The molecule has 1 aromatic heterocycles. The standard InChI is InChI=1S/C31H33F4N7O3/c1-3-29(43)39-22-15-23(26(44-2)16-25(22)41-12-10-40(11-13-41)19-7-8-19)38-27-17-28(37-18-36-27)42-24(9-14-45-42)20-5-4-6-21(30(20)32)31(33,34)35/h3-6,15-19,24H,1,7-14H2,2H3,(H,39,43)(H,36,37,38)/t24-/m1/s1. The van der Waals surface area contributed by atoms with Crippen LogP contribution in [0.5, 0.6) is 5.75 Å². The van der Waals surface area contributed by atoms with Crippen molar-refractivity contribution in [3.05, 3.63) is 72.3 Å². The molecule has 0 unspecified atom stereocenters. The third-order valence-electron chi connectivity index (χ3n) is 8.22. The highest BCUT2D eigenvalue weighted by molar-refractivity contribution is 6.02. The zero-order valence-corrected chi connectivity index (χ0v) is 24.6. The Labute approximate surface area is 257 Å². The van der Waals surface area contributed by atoms with Crippen molar-refractivity contribution in [1.82, 2.24) is 14.9 Å². The molecule has 3 aromatic rings. The summed E-state index contributed by atoms with van der Waals surface area (Å²) in [7, 11) is 1.54. The number of benzene rings is 2. The van der Waals surface area contributed by atoms with Gasteiger partial charge in [-0.15, -0.1) is 0 Å². The highest BCUT2D eigenvalue weighted by Crippen LogP contribution is 2.42. The largest absolute Gasteiger partial charge is 0.494 e. The summed E-state index contributed by atoms with van der Waals surface area (Å²) in [5.74, 6) is -0.689. The minimum atomic E-state index is -4.83. The number of alkyl halides is 3. The number of aromatic nitrogens is 2. The number of amides is 1. The third-order valence-corrected chi connectivity index (χ3v) is 8.22. The zero-order chi connectivity index (χ0) is 31.7. The molecule has 2 saturated heterocycles. The van der Waals surface area contributed by atoms with Crippen LogP contribution in [-0.4, -0.2) is 66.7 Å². The van der Waals surface area contributed by atoms with E-state index in [0.29, 0.717) is 35.1 Å². The Morgan fingerprint density at radius 3 is 2.56 bits per heavy atom. The first kappa shape index (κ1) is 30.6. The average Bonchev–Trinajstić information content (AvgIpc) is 3.77. The highest BCUT2D eigenvalue weighted by Gasteiger charge is 2.38. The van der Waals surface area contributed by atoms with E-state index in [1.165, 1.54) is 55.6 Å². The monoisotopic (exact) mass is 627 g/mol. The molecule has 2 aliphatic heterocycles. The van der Waals surface area contributed by atoms with Gasteiger partial charge in [0.25, 0.3) is 0 Å². The summed E-state index contributed by atoms with van der Waals surface area (Å²) in [5.41, 5.74) is 0.373. The first-order valence-electron chi connectivity index (χ1n) is 14.7. The maximum atomic E-state index is 15.0. The Morgan fingerprint density at radius 2 is 1.87 bits per heavy atom. The number of carbonyl (C=O) groups excluding carboxylic acids is 1. The molecular formula is C31H33F4N7O3. The van der Waals surface area contributed by atoms with Gasteiger partial charge in [-0.2, -0.15) is 13.2 Å². The number of hydroxylamine groups is 1. The van der Waals surface area contributed by atoms with Gasteiger partial charge in [-0.25, -0.2) is 19.4 Å². The van der Waals surface area contributed by atoms with E-state index in [-0.39, 0.29) is 30.3 Å². The minimum absolute atomic E-state index is 0.145. The molecule has 10 nitrogen and oxygen atoms in total. The van der Waals surface area contributed by atoms with Gasteiger partial charge >= 0.3 is 6.18 Å². The minimum Gasteiger partial charge on any atom is -0.494 e. The van der Waals surface area contributed by atoms with Crippen molar-refractivity contribution < 1.29 is 31.9 Å². The molecule has 0 bridgehead atoms. The van der Waals surface area contributed by atoms with Crippen LogP contribution in [0, 0.1) is 5.82 Å². The second-order valence-electron chi connectivity index (χ2n) is 11.1. The van der Waals surface area contributed by atoms with Crippen LogP contribution in [0.3, 0.4) is 0 Å². The Kier molecular flexibility index (Phi) is 8.51. The molecular weight excluding hydrogens is 594 g/mol. The normalized spacial score (nSPS) is 19.0. The van der Waals surface area contributed by atoms with Gasteiger partial charge in [0.1, 0.15) is 23.7 Å². The lowest BCUT2D eigenvalue weighted by Gasteiger charge is -2.37. The van der Waals surface area contributed by atoms with E-state index in [0.717, 1.165) is 31.9 Å². The van der Waals surface area contributed by atoms with E-state index in [1.807, 2.05) is 6.07 Å². The number of piperazine rings is 1. The summed E-state index contributed by atoms with van der Waals surface area (Å²) >= 11 is 0. The van der Waals surface area contributed by atoms with Gasteiger partial charge in [-0.3, -0.25) is 14.5 Å². The second kappa shape index (κ2) is 12.5. The lowest BCUT2D eigenvalue weighted by Crippen LogP contribution is -2.47. The van der Waals surface area contributed by atoms with Gasteiger partial charge in [-0.1, -0.05) is 18.7 Å². The SMILES string of the molecule is C=CC(=O)Nc1cc(Nc2cc(N3OCC[C@@H]3c3cccc(C(F)(F)F)c3F)ncn2)c(OC)cc1N1CCN(C2CC2)CC1. The molecule has 3 aliphatic rings. The summed E-state index contributed by atoms with van der Waals surface area (Å²) in [5, 5.41) is 7.38. The summed E-state index contributed by atoms with van der Waals surface area (Å²) in [4.78, 5) is 31.3. The maximum Gasteiger partial charge on any atom is 0.419 e. The molecule has 3 heterocycles. The third kappa shape index (κ3) is 6.52. The van der Waals surface area contributed by atoms with Crippen molar-refractivity contribution >= 4 is 34.6 Å². The Morgan fingerprint density at radius 1 is 1.09 bits per heavy atom. The number of hydrogen-bond donors (Lipinski definition) is 2. The van der Waals surface area contributed by atoms with Gasteiger partial charge in [0.05, 0.1) is 42.4 Å². The molecule has 1 saturated carbocycles. The summed E-state index contributed by atoms with van der Waals surface area (Å²) in [6.45, 7) is 7.17. The number of nitrogens with one attached hydrogen (secondary N) is 2. The number of halogens is 4. The van der Waals surface area contributed by atoms with Crippen LogP contribution < -0.4 is 25.3 Å². The average molecular weight is 628 g/mol. The number of methoxy groups -OCH3 is 1. The zero-order valence-electron chi connectivity index (χ0n) is 24.6. The fourth-order valence-corrected chi connectivity index (χ4v) is 5.83. The Bertz CT molecular complexity index is 1580. The molecule has 238 valence electrons. The second-order valence-corrected chi connectivity index (χ2v) is 11.1. The quantitative estimate of drug-likeness (QED) is 0.230. The number of anilines is 5. The maximum absolute atomic E-state index is 15.0. The smallest absolute Gasteiger partial charge is 0.419 e. The van der Waals surface area contributed by atoms with Gasteiger partial charge in [0.2, 0.25) is 5.91 Å². The molecule has 1 atom stereocenters. The molecule has 3 fully saturated rings. The molecule has 1 amide bonds. The van der Waals surface area contributed by atoms with Crippen molar-refractivity contribution in [2.45, 2.75) is 37.5 Å². The molecule has 6 rings (SSSR count). The number of nitrogens with zero attached hydrogens (tertiary/aromatic N) is 5. The van der Waals surface area contributed by atoms with Gasteiger partial charge < -0.3 is 20.3 Å². The van der Waals surface area contributed by atoms with Crippen molar-refractivity contribution in [2.75, 3.05) is 60.5 Å². The lowest BCUT2D eigenvalue weighted by atomic mass is 10.0. The molecule has 1 aliphatic carbocycles. The van der Waals surface area contributed by atoms with Crippen LogP contribution in [0.15, 0.2) is 55.4 Å². The molecule has 0 radical (unpaired) electrons.